The van der Waals surface area contributed by atoms with Gasteiger partial charge in [0.15, 0.2) is 5.78 Å². The summed E-state index contributed by atoms with van der Waals surface area (Å²) in [6, 6.07) is 18.7. The molecule has 0 radical (unpaired) electrons. The topological polar surface area (TPSA) is 17.1 Å². The number of halogens is 3. The van der Waals surface area contributed by atoms with Crippen LogP contribution in [0.1, 0.15) is 32.6 Å². The van der Waals surface area contributed by atoms with Crippen molar-refractivity contribution in [3.8, 4) is 11.1 Å². The minimum Gasteiger partial charge on any atom is -0.294 e. The zero-order valence-corrected chi connectivity index (χ0v) is 15.4. The molecule has 1 unspecified atom stereocenters. The van der Waals surface area contributed by atoms with Gasteiger partial charge < -0.3 is 0 Å². The predicted octanol–water partition coefficient (Wildman–Crippen LogP) is 6.28. The highest BCUT2D eigenvalue weighted by atomic mass is 19.4. The molecule has 1 aliphatic carbocycles. The average molecular weight is 380 g/mol. The Balaban J connectivity index is 1.67. The molecular weight excluding hydrogens is 361 g/mol. The second-order valence-corrected chi connectivity index (χ2v) is 7.37. The summed E-state index contributed by atoms with van der Waals surface area (Å²) >= 11 is 0. The molecule has 0 aliphatic heterocycles. The first-order valence-corrected chi connectivity index (χ1v) is 9.22. The Labute approximate surface area is 161 Å². The summed E-state index contributed by atoms with van der Waals surface area (Å²) in [5.74, 6) is -0.103. The number of Topliss-reactive ketones (excluding diaryl/α,β-unsaturated/α-hetero) is 1. The van der Waals surface area contributed by atoms with Crippen molar-refractivity contribution in [2.75, 3.05) is 0 Å². The van der Waals surface area contributed by atoms with Crippen molar-refractivity contribution in [2.45, 2.75) is 25.9 Å². The first-order valence-electron chi connectivity index (χ1n) is 9.22. The van der Waals surface area contributed by atoms with Gasteiger partial charge in [0.1, 0.15) is 0 Å². The lowest BCUT2D eigenvalue weighted by Gasteiger charge is -2.12. The van der Waals surface area contributed by atoms with Crippen LogP contribution in [0, 0.1) is 12.8 Å². The lowest BCUT2D eigenvalue weighted by Crippen LogP contribution is -2.12. The highest BCUT2D eigenvalue weighted by molar-refractivity contribution is 6.04. The lowest BCUT2D eigenvalue weighted by molar-refractivity contribution is -0.137. The number of carbonyl (C=O) groups excluding carboxylic acids is 1. The van der Waals surface area contributed by atoms with E-state index in [-0.39, 0.29) is 11.7 Å². The quantitative estimate of drug-likeness (QED) is 0.523. The van der Waals surface area contributed by atoms with Gasteiger partial charge in [0, 0.05) is 11.5 Å². The van der Waals surface area contributed by atoms with E-state index >= 15 is 0 Å². The largest absolute Gasteiger partial charge is 0.416 e. The highest BCUT2D eigenvalue weighted by Gasteiger charge is 2.33. The standard InChI is InChI=1S/C24H19F3O/c1-15-8-10-16(11-9-15)12-18-14-22-20(6-3-7-21(22)23(18)28)17-4-2-5-19(13-17)24(25,26)27/h2-11,13,18H,12,14H2,1H3. The molecule has 1 nitrogen and oxygen atoms in total. The van der Waals surface area contributed by atoms with Crippen LogP contribution >= 0.6 is 0 Å². The third-order valence-corrected chi connectivity index (χ3v) is 5.37. The van der Waals surface area contributed by atoms with Crippen LogP contribution in [0.2, 0.25) is 0 Å². The first kappa shape index (κ1) is 18.5. The smallest absolute Gasteiger partial charge is 0.294 e. The molecule has 4 rings (SSSR count). The number of hydrogen-bond acceptors (Lipinski definition) is 1. The fourth-order valence-electron chi connectivity index (χ4n) is 3.90. The molecule has 3 aromatic rings. The maximum atomic E-state index is 13.1. The molecule has 0 fully saturated rings. The third-order valence-electron chi connectivity index (χ3n) is 5.37. The van der Waals surface area contributed by atoms with Crippen molar-refractivity contribution in [3.63, 3.8) is 0 Å². The van der Waals surface area contributed by atoms with Gasteiger partial charge in [-0.2, -0.15) is 13.2 Å². The molecule has 0 N–H and O–H groups in total. The molecule has 1 atom stereocenters. The maximum absolute atomic E-state index is 13.1. The van der Waals surface area contributed by atoms with Crippen molar-refractivity contribution in [2.24, 2.45) is 5.92 Å². The minimum absolute atomic E-state index is 0.0735. The molecule has 0 saturated carbocycles. The molecule has 142 valence electrons. The molecule has 0 amide bonds. The predicted molar refractivity (Wildman–Crippen MR) is 103 cm³/mol. The summed E-state index contributed by atoms with van der Waals surface area (Å²) in [5, 5.41) is 0. The van der Waals surface area contributed by atoms with Crippen LogP contribution in [0.25, 0.3) is 11.1 Å². The van der Waals surface area contributed by atoms with Gasteiger partial charge in [-0.3, -0.25) is 4.79 Å². The van der Waals surface area contributed by atoms with E-state index in [1.165, 1.54) is 6.07 Å². The van der Waals surface area contributed by atoms with Gasteiger partial charge in [0.05, 0.1) is 5.56 Å². The number of aryl methyl sites for hydroxylation is 1. The number of benzene rings is 3. The molecule has 3 aromatic carbocycles. The number of carbonyl (C=O) groups is 1. The first-order chi connectivity index (χ1) is 13.3. The van der Waals surface area contributed by atoms with E-state index in [4.69, 9.17) is 0 Å². The Morgan fingerprint density at radius 3 is 2.32 bits per heavy atom. The molecule has 4 heteroatoms. The van der Waals surface area contributed by atoms with Gasteiger partial charge in [0.25, 0.3) is 0 Å². The Morgan fingerprint density at radius 2 is 1.61 bits per heavy atom. The Hall–Kier alpha value is -2.88. The van der Waals surface area contributed by atoms with Gasteiger partial charge in [-0.1, -0.05) is 60.2 Å². The average Bonchev–Trinajstić information content (AvgIpc) is 2.99. The molecule has 0 spiro atoms. The van der Waals surface area contributed by atoms with Crippen molar-refractivity contribution >= 4 is 5.78 Å². The highest BCUT2D eigenvalue weighted by Crippen LogP contribution is 2.38. The van der Waals surface area contributed by atoms with E-state index in [0.29, 0.717) is 29.5 Å². The van der Waals surface area contributed by atoms with Crippen LogP contribution in [0.15, 0.2) is 66.7 Å². The summed E-state index contributed by atoms with van der Waals surface area (Å²) < 4.78 is 39.3. The molecule has 0 bridgehead atoms. The van der Waals surface area contributed by atoms with E-state index < -0.39 is 11.7 Å². The van der Waals surface area contributed by atoms with E-state index in [0.717, 1.165) is 28.8 Å². The number of ketones is 1. The van der Waals surface area contributed by atoms with Crippen molar-refractivity contribution in [1.82, 2.24) is 0 Å². The second-order valence-electron chi connectivity index (χ2n) is 7.37. The number of alkyl halides is 3. The van der Waals surface area contributed by atoms with Crippen LogP contribution < -0.4 is 0 Å². The molecule has 0 heterocycles. The normalized spacial score (nSPS) is 16.3. The minimum atomic E-state index is -4.39. The van der Waals surface area contributed by atoms with Crippen LogP contribution in [-0.2, 0) is 19.0 Å². The second kappa shape index (κ2) is 6.93. The molecule has 0 saturated heterocycles. The Bertz CT molecular complexity index is 1030. The van der Waals surface area contributed by atoms with Gasteiger partial charge in [-0.25, -0.2) is 0 Å². The Morgan fingerprint density at radius 1 is 0.929 bits per heavy atom. The fourth-order valence-corrected chi connectivity index (χ4v) is 3.90. The lowest BCUT2D eigenvalue weighted by atomic mass is 9.93. The van der Waals surface area contributed by atoms with E-state index in [1.54, 1.807) is 24.3 Å². The van der Waals surface area contributed by atoms with E-state index in [9.17, 15) is 18.0 Å². The van der Waals surface area contributed by atoms with Crippen molar-refractivity contribution < 1.29 is 18.0 Å². The number of hydrogen-bond donors (Lipinski definition) is 0. The molecule has 28 heavy (non-hydrogen) atoms. The maximum Gasteiger partial charge on any atom is 0.416 e. The van der Waals surface area contributed by atoms with Crippen LogP contribution in [0.4, 0.5) is 13.2 Å². The molecule has 1 aliphatic rings. The fraction of sp³-hybridized carbons (Fsp3) is 0.208. The van der Waals surface area contributed by atoms with Gasteiger partial charge in [-0.05, 0) is 54.2 Å². The van der Waals surface area contributed by atoms with Crippen LogP contribution in [0.5, 0.6) is 0 Å². The Kier molecular flexibility index (Phi) is 4.58. The molecular formula is C24H19F3O. The number of rotatable bonds is 3. The zero-order chi connectivity index (χ0) is 19.9. The van der Waals surface area contributed by atoms with Gasteiger partial charge in [0.2, 0.25) is 0 Å². The van der Waals surface area contributed by atoms with E-state index in [2.05, 4.69) is 0 Å². The monoisotopic (exact) mass is 380 g/mol. The summed E-state index contributed by atoms with van der Waals surface area (Å²) in [6.45, 7) is 2.02. The summed E-state index contributed by atoms with van der Waals surface area (Å²) in [4.78, 5) is 12.9. The number of fused-ring (bicyclic) bond motifs is 1. The SMILES string of the molecule is Cc1ccc(CC2Cc3c(cccc3-c3cccc(C(F)(F)F)c3)C2=O)cc1. The summed E-state index contributed by atoms with van der Waals surface area (Å²) in [7, 11) is 0. The van der Waals surface area contributed by atoms with Crippen LogP contribution in [0.3, 0.4) is 0 Å². The van der Waals surface area contributed by atoms with Gasteiger partial charge >= 0.3 is 6.18 Å². The third kappa shape index (κ3) is 3.47. The van der Waals surface area contributed by atoms with Gasteiger partial charge in [-0.15, -0.1) is 0 Å². The van der Waals surface area contributed by atoms with Crippen molar-refractivity contribution in [3.05, 3.63) is 94.5 Å². The molecule has 0 aromatic heterocycles. The van der Waals surface area contributed by atoms with E-state index in [1.807, 2.05) is 31.2 Å². The summed E-state index contributed by atoms with van der Waals surface area (Å²) in [5.41, 5.74) is 4.27. The van der Waals surface area contributed by atoms with Crippen molar-refractivity contribution in [1.29, 1.82) is 0 Å². The zero-order valence-electron chi connectivity index (χ0n) is 15.4. The summed E-state index contributed by atoms with van der Waals surface area (Å²) in [6.07, 6.45) is -3.21. The van der Waals surface area contributed by atoms with Crippen LogP contribution in [-0.4, -0.2) is 5.78 Å².